The number of aliphatic hydroxyl groups excluding tert-OH is 2. The number of pyridine rings is 1. The normalized spacial score (nSPS) is 14.0. The van der Waals surface area contributed by atoms with E-state index in [1.54, 1.807) is 0 Å². The second kappa shape index (κ2) is 4.76. The van der Waals surface area contributed by atoms with Crippen LogP contribution in [0.3, 0.4) is 0 Å². The number of hydrogen-bond acceptors (Lipinski definition) is 6. The van der Waals surface area contributed by atoms with E-state index in [9.17, 15) is 19.8 Å². The molecule has 2 atom stereocenters. The van der Waals surface area contributed by atoms with E-state index >= 15 is 0 Å². The summed E-state index contributed by atoms with van der Waals surface area (Å²) in [5.74, 6) is -2.70. The molecule has 0 saturated heterocycles. The molecular weight excluding hydrogens is 230 g/mol. The summed E-state index contributed by atoms with van der Waals surface area (Å²) in [6, 6.07) is 1.02. The highest BCUT2D eigenvalue weighted by Crippen LogP contribution is 2.19. The number of aromatic nitrogens is 1. The Hall–Kier alpha value is -2.19. The average molecular weight is 241 g/mol. The van der Waals surface area contributed by atoms with Gasteiger partial charge < -0.3 is 26.8 Å². The van der Waals surface area contributed by atoms with Crippen molar-refractivity contribution in [1.82, 2.24) is 4.98 Å². The maximum absolute atomic E-state index is 10.7. The van der Waals surface area contributed by atoms with Crippen LogP contribution in [-0.4, -0.2) is 38.3 Å². The van der Waals surface area contributed by atoms with Gasteiger partial charge in [-0.2, -0.15) is 0 Å². The van der Waals surface area contributed by atoms with Crippen molar-refractivity contribution in [3.05, 3.63) is 23.4 Å². The number of anilines is 1. The second-order valence-electron chi connectivity index (χ2n) is 3.30. The lowest BCUT2D eigenvalue weighted by molar-refractivity contribution is -0.131. The number of aliphatic hydroxyl groups is 2. The number of rotatable bonds is 4. The summed E-state index contributed by atoms with van der Waals surface area (Å²) in [4.78, 5) is 24.9. The molecule has 0 aliphatic heterocycles. The highest BCUT2D eigenvalue weighted by atomic mass is 16.4. The molecule has 17 heavy (non-hydrogen) atoms. The highest BCUT2D eigenvalue weighted by molar-refractivity contribution is 5.92. The third-order valence-corrected chi connectivity index (χ3v) is 2.10. The standard InChI is InChI=1S/C9H11N3O5/c10-7-4(9(16)17)1-3(2-12-7)5(13)6(14)8(11)15/h1-2,5-6,13-14H,(H2,10,12)(H2,11,15)(H,16,17). The first-order valence-electron chi connectivity index (χ1n) is 4.48. The molecule has 1 aromatic rings. The summed E-state index contributed by atoms with van der Waals surface area (Å²) in [6.07, 6.45) is -2.45. The van der Waals surface area contributed by atoms with Gasteiger partial charge in [0, 0.05) is 11.8 Å². The molecule has 0 aliphatic rings. The summed E-state index contributed by atoms with van der Waals surface area (Å²) in [5.41, 5.74) is 9.69. The van der Waals surface area contributed by atoms with Crippen molar-refractivity contribution >= 4 is 17.7 Å². The van der Waals surface area contributed by atoms with Gasteiger partial charge in [-0.25, -0.2) is 9.78 Å². The third-order valence-electron chi connectivity index (χ3n) is 2.10. The summed E-state index contributed by atoms with van der Waals surface area (Å²) in [7, 11) is 0. The van der Waals surface area contributed by atoms with E-state index in [1.807, 2.05) is 0 Å². The molecule has 92 valence electrons. The number of carbonyl (C=O) groups excluding carboxylic acids is 1. The average Bonchev–Trinajstić information content (AvgIpc) is 2.27. The fourth-order valence-corrected chi connectivity index (χ4v) is 1.16. The van der Waals surface area contributed by atoms with Gasteiger partial charge in [0.25, 0.3) is 0 Å². The number of primary amides is 1. The van der Waals surface area contributed by atoms with Crippen LogP contribution in [0.2, 0.25) is 0 Å². The summed E-state index contributed by atoms with van der Waals surface area (Å²) >= 11 is 0. The predicted molar refractivity (Wildman–Crippen MR) is 55.8 cm³/mol. The van der Waals surface area contributed by atoms with Crippen LogP contribution in [0, 0.1) is 0 Å². The van der Waals surface area contributed by atoms with Gasteiger partial charge >= 0.3 is 5.97 Å². The van der Waals surface area contributed by atoms with E-state index in [1.165, 1.54) is 0 Å². The van der Waals surface area contributed by atoms with Crippen LogP contribution in [0.25, 0.3) is 0 Å². The van der Waals surface area contributed by atoms with Crippen molar-refractivity contribution in [3.8, 4) is 0 Å². The first kappa shape index (κ1) is 12.9. The van der Waals surface area contributed by atoms with Crippen molar-refractivity contribution in [2.24, 2.45) is 5.73 Å². The van der Waals surface area contributed by atoms with E-state index in [0.29, 0.717) is 0 Å². The van der Waals surface area contributed by atoms with Gasteiger partial charge in [-0.1, -0.05) is 0 Å². The van der Waals surface area contributed by atoms with Gasteiger partial charge in [0.15, 0.2) is 6.10 Å². The summed E-state index contributed by atoms with van der Waals surface area (Å²) < 4.78 is 0. The molecule has 0 radical (unpaired) electrons. The summed E-state index contributed by atoms with van der Waals surface area (Å²) in [6.45, 7) is 0. The Balaban J connectivity index is 3.11. The van der Waals surface area contributed by atoms with Crippen LogP contribution in [0.15, 0.2) is 12.3 Å². The monoisotopic (exact) mass is 241 g/mol. The van der Waals surface area contributed by atoms with Crippen molar-refractivity contribution in [2.45, 2.75) is 12.2 Å². The number of nitrogens with zero attached hydrogens (tertiary/aromatic N) is 1. The van der Waals surface area contributed by atoms with E-state index in [0.717, 1.165) is 12.3 Å². The highest BCUT2D eigenvalue weighted by Gasteiger charge is 2.25. The number of hydrogen-bond donors (Lipinski definition) is 5. The van der Waals surface area contributed by atoms with Crippen LogP contribution in [0.1, 0.15) is 22.0 Å². The third kappa shape index (κ3) is 2.68. The quantitative estimate of drug-likeness (QED) is 0.417. The van der Waals surface area contributed by atoms with Crippen molar-refractivity contribution in [1.29, 1.82) is 0 Å². The number of nitrogens with two attached hydrogens (primary N) is 2. The first-order chi connectivity index (χ1) is 7.84. The maximum Gasteiger partial charge on any atom is 0.339 e. The van der Waals surface area contributed by atoms with Gasteiger partial charge in [-0.05, 0) is 6.07 Å². The van der Waals surface area contributed by atoms with Crippen LogP contribution < -0.4 is 11.5 Å². The molecule has 0 saturated carbocycles. The Kier molecular flexibility index (Phi) is 3.61. The molecule has 7 N–H and O–H groups in total. The number of aromatic carboxylic acids is 1. The molecular formula is C9H11N3O5. The molecule has 1 rings (SSSR count). The minimum absolute atomic E-state index is 0.0668. The first-order valence-corrected chi connectivity index (χ1v) is 4.48. The SMILES string of the molecule is NC(=O)C(O)C(O)c1cnc(N)c(C(=O)O)c1. The number of carboxylic acids is 1. The summed E-state index contributed by atoms with van der Waals surface area (Å²) in [5, 5.41) is 27.5. The smallest absolute Gasteiger partial charge is 0.339 e. The molecule has 1 heterocycles. The molecule has 0 aromatic carbocycles. The molecule has 0 fully saturated rings. The van der Waals surface area contributed by atoms with Crippen LogP contribution in [0.5, 0.6) is 0 Å². The van der Waals surface area contributed by atoms with Crippen LogP contribution >= 0.6 is 0 Å². The van der Waals surface area contributed by atoms with Gasteiger partial charge in [-0.15, -0.1) is 0 Å². The van der Waals surface area contributed by atoms with Gasteiger partial charge in [0.1, 0.15) is 17.5 Å². The molecule has 0 spiro atoms. The maximum atomic E-state index is 10.7. The minimum atomic E-state index is -1.85. The van der Waals surface area contributed by atoms with Gasteiger partial charge in [-0.3, -0.25) is 4.79 Å². The Labute approximate surface area is 95.5 Å². The fourth-order valence-electron chi connectivity index (χ4n) is 1.16. The zero-order valence-corrected chi connectivity index (χ0v) is 8.57. The van der Waals surface area contributed by atoms with Crippen LogP contribution in [-0.2, 0) is 4.79 Å². The number of carboxylic acid groups (broad SMARTS) is 1. The number of nitrogen functional groups attached to an aromatic ring is 1. The molecule has 8 heteroatoms. The van der Waals surface area contributed by atoms with E-state index < -0.39 is 24.1 Å². The molecule has 2 unspecified atom stereocenters. The Morgan fingerprint density at radius 2 is 1.94 bits per heavy atom. The molecule has 8 nitrogen and oxygen atoms in total. The predicted octanol–water partition coefficient (Wildman–Crippen LogP) is -1.76. The van der Waals surface area contributed by atoms with Gasteiger partial charge in [0.05, 0.1) is 0 Å². The minimum Gasteiger partial charge on any atom is -0.478 e. The number of amides is 1. The lowest BCUT2D eigenvalue weighted by Gasteiger charge is -2.15. The zero-order chi connectivity index (χ0) is 13.2. The van der Waals surface area contributed by atoms with E-state index in [4.69, 9.17) is 16.6 Å². The molecule has 1 amide bonds. The number of carbonyl (C=O) groups is 2. The Morgan fingerprint density at radius 3 is 2.41 bits per heavy atom. The lowest BCUT2D eigenvalue weighted by atomic mass is 10.0. The van der Waals surface area contributed by atoms with Gasteiger partial charge in [0.2, 0.25) is 5.91 Å². The van der Waals surface area contributed by atoms with E-state index in [-0.39, 0.29) is 16.9 Å². The Bertz CT molecular complexity index is 462. The lowest BCUT2D eigenvalue weighted by Crippen LogP contribution is -2.34. The molecule has 0 bridgehead atoms. The largest absolute Gasteiger partial charge is 0.478 e. The Morgan fingerprint density at radius 1 is 1.35 bits per heavy atom. The van der Waals surface area contributed by atoms with Crippen molar-refractivity contribution in [2.75, 3.05) is 5.73 Å². The molecule has 0 aliphatic carbocycles. The fraction of sp³-hybridized carbons (Fsp3) is 0.222. The molecule has 1 aromatic heterocycles. The van der Waals surface area contributed by atoms with Crippen LogP contribution in [0.4, 0.5) is 5.82 Å². The van der Waals surface area contributed by atoms with Crippen molar-refractivity contribution in [3.63, 3.8) is 0 Å². The zero-order valence-electron chi connectivity index (χ0n) is 8.57. The van der Waals surface area contributed by atoms with E-state index in [2.05, 4.69) is 4.98 Å². The van der Waals surface area contributed by atoms with Crippen molar-refractivity contribution < 1.29 is 24.9 Å². The second-order valence-corrected chi connectivity index (χ2v) is 3.30. The topological polar surface area (TPSA) is 160 Å².